The fourth-order valence-electron chi connectivity index (χ4n) is 3.55. The Balaban J connectivity index is 1.65. The van der Waals surface area contributed by atoms with Gasteiger partial charge in [0.05, 0.1) is 0 Å². The quantitative estimate of drug-likeness (QED) is 0.404. The minimum Gasteiger partial charge on any atom is -0.399 e. The summed E-state index contributed by atoms with van der Waals surface area (Å²) in [7, 11) is 4.11. The zero-order valence-corrected chi connectivity index (χ0v) is 17.3. The highest BCUT2D eigenvalue weighted by atomic mass is 15.1. The van der Waals surface area contributed by atoms with Gasteiger partial charge in [-0.15, -0.1) is 0 Å². The first-order chi connectivity index (χ1) is 14.5. The van der Waals surface area contributed by atoms with Gasteiger partial charge in [-0.05, 0) is 71.8 Å². The first-order valence-electron chi connectivity index (χ1n) is 9.90. The van der Waals surface area contributed by atoms with E-state index in [9.17, 15) is 0 Å². The maximum atomic E-state index is 5.96. The molecule has 30 heavy (non-hydrogen) atoms. The van der Waals surface area contributed by atoms with Gasteiger partial charge in [-0.1, -0.05) is 36.4 Å². The lowest BCUT2D eigenvalue weighted by molar-refractivity contribution is 1.21. The van der Waals surface area contributed by atoms with Gasteiger partial charge in [0.1, 0.15) is 0 Å². The van der Waals surface area contributed by atoms with Crippen LogP contribution in [0.4, 0.5) is 34.1 Å². The van der Waals surface area contributed by atoms with E-state index in [1.165, 1.54) is 0 Å². The lowest BCUT2D eigenvalue weighted by Crippen LogP contribution is -2.10. The number of nitrogens with two attached hydrogens (primary N) is 2. The molecule has 4 rings (SSSR count). The van der Waals surface area contributed by atoms with E-state index < -0.39 is 0 Å². The molecule has 0 aliphatic rings. The molecule has 150 valence electrons. The molecule has 0 spiro atoms. The van der Waals surface area contributed by atoms with Crippen molar-refractivity contribution in [1.29, 1.82) is 0 Å². The first kappa shape index (κ1) is 19.4. The predicted octanol–water partition coefficient (Wildman–Crippen LogP) is 6.05. The first-order valence-corrected chi connectivity index (χ1v) is 9.90. The molecule has 0 atom stereocenters. The Morgan fingerprint density at radius 2 is 0.800 bits per heavy atom. The van der Waals surface area contributed by atoms with Crippen LogP contribution in [-0.4, -0.2) is 14.1 Å². The van der Waals surface area contributed by atoms with Crippen molar-refractivity contribution in [3.05, 3.63) is 97.1 Å². The van der Waals surface area contributed by atoms with Gasteiger partial charge >= 0.3 is 0 Å². The van der Waals surface area contributed by atoms with Gasteiger partial charge in [-0.2, -0.15) is 0 Å². The van der Waals surface area contributed by atoms with Gasteiger partial charge in [0.25, 0.3) is 0 Å². The molecule has 4 heteroatoms. The van der Waals surface area contributed by atoms with Gasteiger partial charge < -0.3 is 21.3 Å². The van der Waals surface area contributed by atoms with Gasteiger partial charge in [-0.3, -0.25) is 0 Å². The van der Waals surface area contributed by atoms with Crippen molar-refractivity contribution in [2.75, 3.05) is 35.4 Å². The molecule has 4 N–H and O–H groups in total. The monoisotopic (exact) mass is 394 g/mol. The number of nitrogens with zero attached hydrogens (tertiary/aromatic N) is 2. The number of hydrogen-bond acceptors (Lipinski definition) is 4. The van der Waals surface area contributed by atoms with Crippen LogP contribution in [0, 0.1) is 0 Å². The Hall–Kier alpha value is -3.92. The summed E-state index contributed by atoms with van der Waals surface area (Å²) in [5.41, 5.74) is 20.1. The summed E-state index contributed by atoms with van der Waals surface area (Å²) >= 11 is 0. The maximum Gasteiger partial charge on any atom is 0.0428 e. The van der Waals surface area contributed by atoms with E-state index in [-0.39, 0.29) is 0 Å². The standard InChI is InChI=1S/C26H26N4/c1-29(25-13-5-9-21(27)17-25)23-11-3-7-19(15-23)20-8-4-12-24(16-20)30(2)26-14-6-10-22(28)18-26/h3-18H,27-28H2,1-2H3. The van der Waals surface area contributed by atoms with Gasteiger partial charge in [0.15, 0.2) is 0 Å². The zero-order chi connectivity index (χ0) is 21.1. The molecule has 0 bridgehead atoms. The van der Waals surface area contributed by atoms with Crippen LogP contribution < -0.4 is 21.3 Å². The molecule has 0 saturated carbocycles. The molecular formula is C26H26N4. The van der Waals surface area contributed by atoms with E-state index in [2.05, 4.69) is 84.6 Å². The Labute approximate surface area is 178 Å². The summed E-state index contributed by atoms with van der Waals surface area (Å²) in [5, 5.41) is 0. The molecule has 0 amide bonds. The van der Waals surface area contributed by atoms with Crippen molar-refractivity contribution in [3.8, 4) is 11.1 Å². The van der Waals surface area contributed by atoms with E-state index in [1.807, 2.05) is 36.4 Å². The SMILES string of the molecule is CN(c1cccc(N)c1)c1cccc(-c2cccc(N(C)c3cccc(N)c3)c2)c1. The second-order valence-electron chi connectivity index (χ2n) is 7.41. The van der Waals surface area contributed by atoms with E-state index in [0.29, 0.717) is 0 Å². The molecule has 4 nitrogen and oxygen atoms in total. The van der Waals surface area contributed by atoms with Crippen LogP contribution in [0.15, 0.2) is 97.1 Å². The van der Waals surface area contributed by atoms with Gasteiger partial charge in [0.2, 0.25) is 0 Å². The Kier molecular flexibility index (Phi) is 5.31. The Morgan fingerprint density at radius 1 is 0.467 bits per heavy atom. The second-order valence-corrected chi connectivity index (χ2v) is 7.41. The van der Waals surface area contributed by atoms with Gasteiger partial charge in [0, 0.05) is 48.2 Å². The number of anilines is 6. The molecule has 0 saturated heterocycles. The summed E-state index contributed by atoms with van der Waals surface area (Å²) in [5.74, 6) is 0. The average Bonchev–Trinajstić information content (AvgIpc) is 2.78. The third-order valence-electron chi connectivity index (χ3n) is 5.32. The Bertz CT molecular complexity index is 1080. The third kappa shape index (κ3) is 4.08. The zero-order valence-electron chi connectivity index (χ0n) is 17.3. The number of benzene rings is 4. The largest absolute Gasteiger partial charge is 0.399 e. The molecule has 4 aromatic rings. The molecule has 0 radical (unpaired) electrons. The number of hydrogen-bond donors (Lipinski definition) is 2. The molecule has 0 heterocycles. The highest BCUT2D eigenvalue weighted by molar-refractivity contribution is 5.76. The minimum absolute atomic E-state index is 0.757. The van der Waals surface area contributed by atoms with Crippen LogP contribution in [-0.2, 0) is 0 Å². The van der Waals surface area contributed by atoms with Crippen molar-refractivity contribution in [2.24, 2.45) is 0 Å². The maximum absolute atomic E-state index is 5.96. The normalized spacial score (nSPS) is 10.6. The minimum atomic E-state index is 0.757. The van der Waals surface area contributed by atoms with Crippen LogP contribution in [0.2, 0.25) is 0 Å². The van der Waals surface area contributed by atoms with E-state index >= 15 is 0 Å². The molecule has 0 aliphatic heterocycles. The number of rotatable bonds is 5. The molecular weight excluding hydrogens is 368 g/mol. The van der Waals surface area contributed by atoms with Crippen molar-refractivity contribution in [3.63, 3.8) is 0 Å². The van der Waals surface area contributed by atoms with Crippen LogP contribution in [0.1, 0.15) is 0 Å². The fraction of sp³-hybridized carbons (Fsp3) is 0.0769. The molecule has 0 aliphatic carbocycles. The summed E-state index contributed by atoms with van der Waals surface area (Å²) in [6.07, 6.45) is 0. The topological polar surface area (TPSA) is 58.5 Å². The molecule has 0 unspecified atom stereocenters. The highest BCUT2D eigenvalue weighted by Gasteiger charge is 2.09. The summed E-state index contributed by atoms with van der Waals surface area (Å²) in [6.45, 7) is 0. The van der Waals surface area contributed by atoms with E-state index in [4.69, 9.17) is 11.5 Å². The van der Waals surface area contributed by atoms with Crippen LogP contribution >= 0.6 is 0 Å². The summed E-state index contributed by atoms with van der Waals surface area (Å²) in [6, 6.07) is 32.9. The van der Waals surface area contributed by atoms with Gasteiger partial charge in [-0.25, -0.2) is 0 Å². The molecule has 4 aromatic carbocycles. The number of nitrogen functional groups attached to an aromatic ring is 2. The third-order valence-corrected chi connectivity index (χ3v) is 5.32. The fourth-order valence-corrected chi connectivity index (χ4v) is 3.55. The average molecular weight is 395 g/mol. The van der Waals surface area contributed by atoms with Crippen molar-refractivity contribution >= 4 is 34.1 Å². The smallest absolute Gasteiger partial charge is 0.0428 e. The van der Waals surface area contributed by atoms with Crippen LogP contribution in [0.5, 0.6) is 0 Å². The van der Waals surface area contributed by atoms with Crippen molar-refractivity contribution in [1.82, 2.24) is 0 Å². The summed E-state index contributed by atoms with van der Waals surface area (Å²) < 4.78 is 0. The van der Waals surface area contributed by atoms with Crippen molar-refractivity contribution < 1.29 is 0 Å². The predicted molar refractivity (Wildman–Crippen MR) is 130 cm³/mol. The second kappa shape index (κ2) is 8.21. The van der Waals surface area contributed by atoms with Crippen LogP contribution in [0.25, 0.3) is 11.1 Å². The lowest BCUT2D eigenvalue weighted by Gasteiger charge is -2.22. The van der Waals surface area contributed by atoms with E-state index in [1.54, 1.807) is 0 Å². The lowest BCUT2D eigenvalue weighted by atomic mass is 10.0. The molecule has 0 aromatic heterocycles. The molecule has 0 fully saturated rings. The van der Waals surface area contributed by atoms with Crippen molar-refractivity contribution in [2.45, 2.75) is 0 Å². The van der Waals surface area contributed by atoms with Crippen LogP contribution in [0.3, 0.4) is 0 Å². The van der Waals surface area contributed by atoms with E-state index in [0.717, 1.165) is 45.3 Å². The Morgan fingerprint density at radius 3 is 1.17 bits per heavy atom. The highest BCUT2D eigenvalue weighted by Crippen LogP contribution is 2.32. The summed E-state index contributed by atoms with van der Waals surface area (Å²) in [4.78, 5) is 4.28.